The minimum Gasteiger partial charge on any atom is -0.213 e. The number of nitrogens with zero attached hydrogens (tertiary/aromatic N) is 1. The summed E-state index contributed by atoms with van der Waals surface area (Å²) < 4.78 is 37.6. The van der Waals surface area contributed by atoms with Gasteiger partial charge in [0.1, 0.15) is 3.70 Å². The molecule has 0 aliphatic rings. The maximum absolute atomic E-state index is 12.6. The van der Waals surface area contributed by atoms with E-state index < -0.39 is 12.4 Å². The van der Waals surface area contributed by atoms with E-state index in [1.165, 1.54) is 0 Å². The van der Waals surface area contributed by atoms with E-state index in [0.717, 1.165) is 6.07 Å². The molecule has 0 N–H and O–H groups in total. The van der Waals surface area contributed by atoms with Gasteiger partial charge in [-0.1, -0.05) is 15.9 Å². The zero-order valence-electron chi connectivity index (χ0n) is 6.20. The van der Waals surface area contributed by atoms with Gasteiger partial charge in [0.05, 0.1) is 0 Å². The first-order valence-electron chi connectivity index (χ1n) is 3.25. The molecule has 1 aromatic rings. The lowest BCUT2D eigenvalue weighted by molar-refractivity contribution is 0.149. The van der Waals surface area contributed by atoms with E-state index in [9.17, 15) is 13.2 Å². The number of hydrogen-bond donors (Lipinski definition) is 0. The average Bonchev–Trinajstić information content (AvgIpc) is 2.02. The second-order valence-corrected chi connectivity index (χ2v) is 3.82. The van der Waals surface area contributed by atoms with Crippen molar-refractivity contribution in [2.75, 3.05) is 0 Å². The second kappa shape index (κ2) is 4.59. The van der Waals surface area contributed by atoms with Crippen LogP contribution in [-0.2, 0) is 5.33 Å². The topological polar surface area (TPSA) is 12.9 Å². The summed E-state index contributed by atoms with van der Waals surface area (Å²) >= 11 is 4.78. The van der Waals surface area contributed by atoms with Gasteiger partial charge in [0.25, 0.3) is 6.43 Å². The second-order valence-electron chi connectivity index (χ2n) is 2.24. The van der Waals surface area contributed by atoms with E-state index in [2.05, 4.69) is 20.9 Å². The van der Waals surface area contributed by atoms with Crippen LogP contribution in [0, 0.1) is 9.65 Å². The van der Waals surface area contributed by atoms with Gasteiger partial charge in [0.2, 0.25) is 5.95 Å². The summed E-state index contributed by atoms with van der Waals surface area (Å²) in [6, 6.07) is 0.767. The highest BCUT2D eigenvalue weighted by molar-refractivity contribution is 14.1. The molecule has 0 saturated heterocycles. The first kappa shape index (κ1) is 11.2. The van der Waals surface area contributed by atoms with Crippen LogP contribution < -0.4 is 0 Å². The number of pyridine rings is 1. The highest BCUT2D eigenvalue weighted by atomic mass is 127. The van der Waals surface area contributed by atoms with Crippen molar-refractivity contribution in [2.45, 2.75) is 11.8 Å². The normalized spacial score (nSPS) is 10.9. The first-order valence-corrected chi connectivity index (χ1v) is 5.45. The van der Waals surface area contributed by atoms with Gasteiger partial charge in [-0.05, 0) is 22.6 Å². The highest BCUT2D eigenvalue weighted by Gasteiger charge is 2.17. The minimum atomic E-state index is -2.67. The Bertz CT molecular complexity index is 319. The Kier molecular flexibility index (Phi) is 3.96. The number of rotatable bonds is 2. The number of halogens is 5. The van der Waals surface area contributed by atoms with Gasteiger partial charge in [-0.25, -0.2) is 13.8 Å². The molecule has 0 radical (unpaired) electrons. The van der Waals surface area contributed by atoms with Crippen LogP contribution in [0.1, 0.15) is 17.6 Å². The largest absolute Gasteiger partial charge is 0.264 e. The first-order chi connectivity index (χ1) is 6.06. The Hall–Kier alpha value is 0.150. The third-order valence-corrected chi connectivity index (χ3v) is 2.90. The van der Waals surface area contributed by atoms with Gasteiger partial charge in [-0.15, -0.1) is 0 Å². The SMILES string of the molecule is Fc1cc(C(F)F)c(CBr)c(I)n1. The van der Waals surface area contributed by atoms with Gasteiger partial charge in [0, 0.05) is 22.5 Å². The summed E-state index contributed by atoms with van der Waals surface area (Å²) in [6.07, 6.45) is -2.67. The Balaban J connectivity index is 3.29. The summed E-state index contributed by atoms with van der Waals surface area (Å²) in [5, 5.41) is 0.248. The van der Waals surface area contributed by atoms with Gasteiger partial charge < -0.3 is 0 Å². The van der Waals surface area contributed by atoms with Crippen LogP contribution >= 0.6 is 38.5 Å². The maximum Gasteiger partial charge on any atom is 0.264 e. The van der Waals surface area contributed by atoms with E-state index in [-0.39, 0.29) is 14.6 Å². The number of hydrogen-bond acceptors (Lipinski definition) is 1. The van der Waals surface area contributed by atoms with Crippen molar-refractivity contribution < 1.29 is 13.2 Å². The molecule has 0 aliphatic heterocycles. The van der Waals surface area contributed by atoms with Crippen molar-refractivity contribution in [3.8, 4) is 0 Å². The molecule has 0 aliphatic carbocycles. The van der Waals surface area contributed by atoms with Gasteiger partial charge in [0.15, 0.2) is 0 Å². The lowest BCUT2D eigenvalue weighted by atomic mass is 10.2. The van der Waals surface area contributed by atoms with E-state index in [4.69, 9.17) is 0 Å². The Labute approximate surface area is 95.0 Å². The predicted molar refractivity (Wildman–Crippen MR) is 54.5 cm³/mol. The van der Waals surface area contributed by atoms with Crippen LogP contribution in [0.2, 0.25) is 0 Å². The van der Waals surface area contributed by atoms with E-state index >= 15 is 0 Å². The summed E-state index contributed by atoms with van der Waals surface area (Å²) in [7, 11) is 0. The number of alkyl halides is 3. The van der Waals surface area contributed by atoms with Gasteiger partial charge in [-0.3, -0.25) is 0 Å². The summed E-state index contributed by atoms with van der Waals surface area (Å²) in [4.78, 5) is 3.44. The monoisotopic (exact) mass is 365 g/mol. The maximum atomic E-state index is 12.6. The Morgan fingerprint density at radius 1 is 1.54 bits per heavy atom. The fourth-order valence-electron chi connectivity index (χ4n) is 0.855. The van der Waals surface area contributed by atoms with E-state index in [0.29, 0.717) is 5.56 Å². The van der Waals surface area contributed by atoms with E-state index in [1.807, 2.05) is 0 Å². The molecule has 0 saturated carbocycles. The van der Waals surface area contributed by atoms with E-state index in [1.54, 1.807) is 22.6 Å². The third kappa shape index (κ3) is 2.55. The van der Waals surface area contributed by atoms with Crippen molar-refractivity contribution in [3.05, 3.63) is 26.8 Å². The van der Waals surface area contributed by atoms with Crippen LogP contribution in [0.3, 0.4) is 0 Å². The molecule has 0 bridgehead atoms. The molecule has 0 fully saturated rings. The predicted octanol–water partition coefficient (Wildman–Crippen LogP) is 3.66. The molecule has 1 rings (SSSR count). The molecule has 0 unspecified atom stereocenters. The molecule has 1 heterocycles. The van der Waals surface area contributed by atoms with Crippen LogP contribution in [0.5, 0.6) is 0 Å². The molecule has 6 heteroatoms. The smallest absolute Gasteiger partial charge is 0.213 e. The molecule has 13 heavy (non-hydrogen) atoms. The van der Waals surface area contributed by atoms with Crippen molar-refractivity contribution >= 4 is 38.5 Å². The quantitative estimate of drug-likeness (QED) is 0.443. The van der Waals surface area contributed by atoms with Crippen LogP contribution in [0.4, 0.5) is 13.2 Å². The van der Waals surface area contributed by atoms with Crippen molar-refractivity contribution in [1.29, 1.82) is 0 Å². The zero-order chi connectivity index (χ0) is 10.0. The summed E-state index contributed by atoms with van der Waals surface area (Å²) in [5.41, 5.74) is 0.0470. The molecule has 0 aromatic carbocycles. The fourth-order valence-corrected chi connectivity index (χ4v) is 2.70. The number of aromatic nitrogens is 1. The van der Waals surface area contributed by atoms with Crippen molar-refractivity contribution in [1.82, 2.24) is 4.98 Å². The molecule has 0 atom stereocenters. The van der Waals surface area contributed by atoms with Crippen molar-refractivity contribution in [3.63, 3.8) is 0 Å². The average molecular weight is 366 g/mol. The van der Waals surface area contributed by atoms with Gasteiger partial charge >= 0.3 is 0 Å². The van der Waals surface area contributed by atoms with Crippen LogP contribution in [0.25, 0.3) is 0 Å². The molecule has 0 amide bonds. The third-order valence-electron chi connectivity index (χ3n) is 1.45. The fraction of sp³-hybridized carbons (Fsp3) is 0.286. The summed E-state index contributed by atoms with van der Waals surface area (Å²) in [6.45, 7) is 0. The van der Waals surface area contributed by atoms with Crippen LogP contribution in [-0.4, -0.2) is 4.98 Å². The lowest BCUT2D eigenvalue weighted by Gasteiger charge is -2.07. The molecular formula is C7H4BrF3IN. The molecule has 1 aromatic heterocycles. The zero-order valence-corrected chi connectivity index (χ0v) is 9.94. The van der Waals surface area contributed by atoms with Gasteiger partial charge in [-0.2, -0.15) is 4.39 Å². The molecule has 1 nitrogen and oxygen atoms in total. The molecule has 0 spiro atoms. The van der Waals surface area contributed by atoms with Crippen molar-refractivity contribution in [2.24, 2.45) is 0 Å². The Morgan fingerprint density at radius 2 is 2.15 bits per heavy atom. The highest BCUT2D eigenvalue weighted by Crippen LogP contribution is 2.27. The van der Waals surface area contributed by atoms with Crippen LogP contribution in [0.15, 0.2) is 6.07 Å². The Morgan fingerprint density at radius 3 is 2.62 bits per heavy atom. The lowest BCUT2D eigenvalue weighted by Crippen LogP contribution is -2.00. The molecule has 72 valence electrons. The summed E-state index contributed by atoms with van der Waals surface area (Å²) in [5.74, 6) is -0.871. The molecular weight excluding hydrogens is 362 g/mol. The minimum absolute atomic E-state index is 0.248. The standard InChI is InChI=1S/C7H4BrF3IN/c8-2-4-3(6(10)11)1-5(9)13-7(4)12/h1,6H,2H2.